The number of aromatic hydroxyl groups is 2. The molecule has 5 N–H and O–H groups in total. The van der Waals surface area contributed by atoms with Crippen molar-refractivity contribution in [1.82, 2.24) is 0 Å². The van der Waals surface area contributed by atoms with E-state index in [0.717, 1.165) is 0 Å². The van der Waals surface area contributed by atoms with Crippen LogP contribution in [-0.4, -0.2) is 75.1 Å². The van der Waals surface area contributed by atoms with Crippen LogP contribution in [-0.2, 0) is 28.5 Å². The van der Waals surface area contributed by atoms with Gasteiger partial charge in [-0.05, 0) is 37.5 Å². The van der Waals surface area contributed by atoms with Gasteiger partial charge in [-0.15, -0.1) is 0 Å². The standard InChI is InChI=1S/C30H44N2O9/c1-16-10-9-11-23(37-5)28(41-30(31)36)18(3)12-17(2)27(40-8)24(38-6)13-19(4)26(39-7)21-14-20(33)15-22(25(21)34)32-29(16)35/h9,11-12,14-17,23-24,27-28,33-34H,10,13H2,1-8H3,(H2,31,36)(H,32,35). The largest absolute Gasteiger partial charge is 0.508 e. The minimum atomic E-state index is -0.951. The lowest BCUT2D eigenvalue weighted by Crippen LogP contribution is -2.37. The number of nitrogens with two attached hydrogens (primary N) is 1. The average Bonchev–Trinajstić information content (AvgIpc) is 2.91. The predicted molar refractivity (Wildman–Crippen MR) is 155 cm³/mol. The molecule has 1 heterocycles. The van der Waals surface area contributed by atoms with E-state index < -0.39 is 36.4 Å². The fraction of sp³-hybridized carbons (Fsp3) is 0.533. The monoisotopic (exact) mass is 576 g/mol. The van der Waals surface area contributed by atoms with Gasteiger partial charge in [0.15, 0.2) is 6.10 Å². The zero-order valence-corrected chi connectivity index (χ0v) is 25.1. The molecule has 1 aromatic rings. The molecule has 228 valence electrons. The van der Waals surface area contributed by atoms with Gasteiger partial charge in [-0.2, -0.15) is 0 Å². The number of primary amides is 1. The van der Waals surface area contributed by atoms with Gasteiger partial charge < -0.3 is 44.9 Å². The number of allylic oxidation sites excluding steroid dienone is 1. The van der Waals surface area contributed by atoms with Crippen LogP contribution in [0.4, 0.5) is 10.5 Å². The van der Waals surface area contributed by atoms with Gasteiger partial charge in [0.1, 0.15) is 23.4 Å². The number of ether oxygens (including phenoxy) is 5. The highest BCUT2D eigenvalue weighted by Crippen LogP contribution is 2.39. The summed E-state index contributed by atoms with van der Waals surface area (Å²) in [6.45, 7) is 7.30. The number of carbonyl (C=O) groups excluding carboxylic acids is 2. The Morgan fingerprint density at radius 1 is 1.05 bits per heavy atom. The topological polar surface area (TPSA) is 159 Å². The van der Waals surface area contributed by atoms with Crippen molar-refractivity contribution in [2.24, 2.45) is 17.6 Å². The SMILES string of the molecule is COC1=C(C)CC(OC)C(OC)C(C)C=C(C)C(OC(N)=O)C(OC)C=CCC(C)C(=O)Nc2cc(O)cc1c2O. The molecule has 0 aliphatic carbocycles. The Kier molecular flexibility index (Phi) is 12.7. The molecule has 0 spiro atoms. The van der Waals surface area contributed by atoms with Gasteiger partial charge in [-0.1, -0.05) is 32.1 Å². The molecule has 2 amide bonds. The van der Waals surface area contributed by atoms with Crippen LogP contribution in [0.15, 0.2) is 41.5 Å². The number of phenolic OH excluding ortho intramolecular Hbond substituents is 2. The molecule has 2 rings (SSSR count). The maximum absolute atomic E-state index is 13.0. The summed E-state index contributed by atoms with van der Waals surface area (Å²) in [6, 6.07) is 2.64. The smallest absolute Gasteiger partial charge is 0.405 e. The van der Waals surface area contributed by atoms with Crippen molar-refractivity contribution in [3.05, 3.63) is 47.1 Å². The first kappa shape index (κ1) is 33.7. The van der Waals surface area contributed by atoms with Crippen LogP contribution in [0.1, 0.15) is 46.1 Å². The Morgan fingerprint density at radius 2 is 1.73 bits per heavy atom. The van der Waals surface area contributed by atoms with Gasteiger partial charge in [0.25, 0.3) is 0 Å². The van der Waals surface area contributed by atoms with Crippen molar-refractivity contribution in [2.75, 3.05) is 33.8 Å². The first-order chi connectivity index (χ1) is 19.4. The van der Waals surface area contributed by atoms with E-state index in [-0.39, 0.29) is 34.6 Å². The van der Waals surface area contributed by atoms with Crippen molar-refractivity contribution in [3.63, 3.8) is 0 Å². The second-order valence-electron chi connectivity index (χ2n) is 10.3. The summed E-state index contributed by atoms with van der Waals surface area (Å²) in [5.74, 6) is -1.21. The fourth-order valence-corrected chi connectivity index (χ4v) is 5.07. The molecule has 2 bridgehead atoms. The number of amides is 2. The molecule has 11 nitrogen and oxygen atoms in total. The first-order valence-corrected chi connectivity index (χ1v) is 13.4. The highest BCUT2D eigenvalue weighted by molar-refractivity contribution is 5.95. The Labute approximate surface area is 241 Å². The molecule has 0 radical (unpaired) electrons. The van der Waals surface area contributed by atoms with Crippen LogP contribution in [0.2, 0.25) is 0 Å². The molecule has 1 aliphatic heterocycles. The summed E-state index contributed by atoms with van der Waals surface area (Å²) < 4.78 is 28.4. The van der Waals surface area contributed by atoms with Crippen LogP contribution in [0.3, 0.4) is 0 Å². The van der Waals surface area contributed by atoms with Crippen molar-refractivity contribution in [1.29, 1.82) is 0 Å². The van der Waals surface area contributed by atoms with Crippen LogP contribution in [0, 0.1) is 11.8 Å². The van der Waals surface area contributed by atoms with Crippen LogP contribution >= 0.6 is 0 Å². The molecule has 41 heavy (non-hydrogen) atoms. The van der Waals surface area contributed by atoms with E-state index in [0.29, 0.717) is 29.7 Å². The number of phenols is 2. The number of rotatable bonds is 5. The Morgan fingerprint density at radius 3 is 2.29 bits per heavy atom. The molecule has 0 fully saturated rings. The first-order valence-electron chi connectivity index (χ1n) is 13.4. The molecule has 1 aromatic carbocycles. The van der Waals surface area contributed by atoms with Crippen LogP contribution in [0.25, 0.3) is 5.76 Å². The normalized spacial score (nSPS) is 26.7. The zero-order chi connectivity index (χ0) is 30.9. The van der Waals surface area contributed by atoms with E-state index in [9.17, 15) is 19.8 Å². The number of carbonyl (C=O) groups is 2. The quantitative estimate of drug-likeness (QED) is 0.225. The Bertz CT molecular complexity index is 1160. The predicted octanol–water partition coefficient (Wildman–Crippen LogP) is 4.49. The number of methoxy groups -OCH3 is 4. The second kappa shape index (κ2) is 15.5. The molecule has 11 heteroatoms. The Hall–Kier alpha value is -3.54. The van der Waals surface area contributed by atoms with E-state index in [1.54, 1.807) is 33.3 Å². The summed E-state index contributed by atoms with van der Waals surface area (Å²) in [5.41, 5.74) is 7.04. The maximum Gasteiger partial charge on any atom is 0.405 e. The van der Waals surface area contributed by atoms with Gasteiger partial charge in [-0.3, -0.25) is 4.79 Å². The van der Waals surface area contributed by atoms with E-state index in [4.69, 9.17) is 29.4 Å². The molecule has 0 saturated heterocycles. The van der Waals surface area contributed by atoms with E-state index in [1.807, 2.05) is 26.8 Å². The molecule has 6 atom stereocenters. The third-order valence-electron chi connectivity index (χ3n) is 7.21. The van der Waals surface area contributed by atoms with Crippen LogP contribution in [0.5, 0.6) is 11.5 Å². The molecular formula is C30H44N2O9. The van der Waals surface area contributed by atoms with Gasteiger partial charge in [0.2, 0.25) is 5.91 Å². The van der Waals surface area contributed by atoms with Gasteiger partial charge in [0.05, 0.1) is 30.6 Å². The number of benzene rings is 1. The summed E-state index contributed by atoms with van der Waals surface area (Å²) in [7, 11) is 6.09. The molecule has 0 aromatic heterocycles. The van der Waals surface area contributed by atoms with Gasteiger partial charge >= 0.3 is 6.09 Å². The zero-order valence-electron chi connectivity index (χ0n) is 25.1. The second-order valence-corrected chi connectivity index (χ2v) is 10.3. The van der Waals surface area contributed by atoms with E-state index in [1.165, 1.54) is 26.4 Å². The van der Waals surface area contributed by atoms with Gasteiger partial charge in [-0.25, -0.2) is 4.79 Å². The minimum Gasteiger partial charge on any atom is -0.508 e. The summed E-state index contributed by atoms with van der Waals surface area (Å²) in [5, 5.41) is 24.2. The lowest BCUT2D eigenvalue weighted by atomic mass is 9.91. The highest BCUT2D eigenvalue weighted by atomic mass is 16.6. The number of hydrogen-bond donors (Lipinski definition) is 4. The minimum absolute atomic E-state index is 0.0392. The van der Waals surface area contributed by atoms with Crippen molar-refractivity contribution in [2.45, 2.75) is 65.0 Å². The molecule has 1 aliphatic rings. The summed E-state index contributed by atoms with van der Waals surface area (Å²) in [6.07, 6.45) is 2.67. The fourth-order valence-electron chi connectivity index (χ4n) is 5.07. The average molecular weight is 577 g/mol. The Balaban J connectivity index is 2.72. The molecular weight excluding hydrogens is 532 g/mol. The lowest BCUT2D eigenvalue weighted by Gasteiger charge is -2.31. The number of anilines is 1. The summed E-state index contributed by atoms with van der Waals surface area (Å²) in [4.78, 5) is 24.8. The highest BCUT2D eigenvalue weighted by Gasteiger charge is 2.31. The number of hydrogen-bond acceptors (Lipinski definition) is 9. The van der Waals surface area contributed by atoms with E-state index >= 15 is 0 Å². The number of fused-ring (bicyclic) bond motifs is 2. The third-order valence-corrected chi connectivity index (χ3v) is 7.21. The van der Waals surface area contributed by atoms with Gasteiger partial charge in [0, 0.05) is 45.7 Å². The lowest BCUT2D eigenvalue weighted by molar-refractivity contribution is -0.119. The van der Waals surface area contributed by atoms with Crippen LogP contribution < -0.4 is 11.1 Å². The molecule has 0 saturated carbocycles. The molecule has 6 unspecified atom stereocenters. The maximum atomic E-state index is 13.0. The van der Waals surface area contributed by atoms with Crippen molar-refractivity contribution in [3.8, 4) is 11.5 Å². The van der Waals surface area contributed by atoms with Crippen molar-refractivity contribution < 1.29 is 43.5 Å². The number of nitrogens with one attached hydrogen (secondary N) is 1. The summed E-state index contributed by atoms with van der Waals surface area (Å²) >= 11 is 0. The van der Waals surface area contributed by atoms with Crippen molar-refractivity contribution >= 4 is 23.4 Å². The third kappa shape index (κ3) is 8.72. The van der Waals surface area contributed by atoms with E-state index in [2.05, 4.69) is 5.32 Å².